The first-order valence-corrected chi connectivity index (χ1v) is 5.52. The van der Waals surface area contributed by atoms with Crippen LogP contribution in [-0.4, -0.2) is 29.4 Å². The van der Waals surface area contributed by atoms with Gasteiger partial charge in [0.1, 0.15) is 11.5 Å². The van der Waals surface area contributed by atoms with Gasteiger partial charge in [-0.1, -0.05) is 26.8 Å². The van der Waals surface area contributed by atoms with Crippen molar-refractivity contribution < 1.29 is 4.79 Å². The molecule has 0 radical (unpaired) electrons. The summed E-state index contributed by atoms with van der Waals surface area (Å²) in [5.41, 5.74) is 2.89. The number of nitrogens with zero attached hydrogens (tertiary/aromatic N) is 2. The minimum atomic E-state index is -0.1000. The number of carbonyl (C=O) groups excluding carboxylic acids is 1. The third-order valence-electron chi connectivity index (χ3n) is 2.17. The van der Waals surface area contributed by atoms with E-state index in [-0.39, 0.29) is 11.3 Å². The number of hydrogen-bond acceptors (Lipinski definition) is 4. The van der Waals surface area contributed by atoms with Crippen molar-refractivity contribution in [3.8, 4) is 0 Å². The highest BCUT2D eigenvalue weighted by molar-refractivity contribution is 5.92. The zero-order valence-electron chi connectivity index (χ0n) is 10.8. The molecule has 0 aliphatic carbocycles. The highest BCUT2D eigenvalue weighted by Gasteiger charge is 2.19. The van der Waals surface area contributed by atoms with Gasteiger partial charge in [-0.05, 0) is 17.5 Å². The number of nitrogens with two attached hydrogens (primary N) is 1. The average molecular weight is 236 g/mol. The first kappa shape index (κ1) is 13.4. The summed E-state index contributed by atoms with van der Waals surface area (Å²) in [5, 5.41) is 0. The number of pyridine rings is 1. The lowest BCUT2D eigenvalue weighted by atomic mass is 9.96. The Morgan fingerprint density at radius 1 is 1.47 bits per heavy atom. The third kappa shape index (κ3) is 4.03. The van der Waals surface area contributed by atoms with Crippen LogP contribution in [0.25, 0.3) is 0 Å². The Bertz CT molecular complexity index is 398. The summed E-state index contributed by atoms with van der Waals surface area (Å²) in [5.74, 6) is 5.65. The number of carbonyl (C=O) groups is 1. The number of rotatable bonds is 3. The zero-order valence-corrected chi connectivity index (χ0v) is 10.8. The second kappa shape index (κ2) is 5.14. The summed E-state index contributed by atoms with van der Waals surface area (Å²) >= 11 is 0. The number of anilines is 1. The van der Waals surface area contributed by atoms with E-state index in [2.05, 4.69) is 31.2 Å². The second-order valence-electron chi connectivity index (χ2n) is 5.27. The van der Waals surface area contributed by atoms with Crippen molar-refractivity contribution in [2.75, 3.05) is 19.0 Å². The van der Waals surface area contributed by atoms with Crippen LogP contribution in [0, 0.1) is 5.41 Å². The van der Waals surface area contributed by atoms with Gasteiger partial charge in [0.05, 0.1) is 0 Å². The number of aromatic nitrogens is 1. The van der Waals surface area contributed by atoms with Gasteiger partial charge in [-0.2, -0.15) is 0 Å². The van der Waals surface area contributed by atoms with Crippen LogP contribution in [0.15, 0.2) is 18.2 Å². The molecule has 1 amide bonds. The highest BCUT2D eigenvalue weighted by Crippen LogP contribution is 2.15. The van der Waals surface area contributed by atoms with Gasteiger partial charge in [0.15, 0.2) is 0 Å². The minimum Gasteiger partial charge on any atom is -0.340 e. The van der Waals surface area contributed by atoms with Gasteiger partial charge in [-0.25, -0.2) is 10.8 Å². The molecule has 0 bridgehead atoms. The Labute approximate surface area is 102 Å². The molecule has 0 saturated carbocycles. The van der Waals surface area contributed by atoms with Gasteiger partial charge >= 0.3 is 0 Å². The minimum absolute atomic E-state index is 0.0636. The van der Waals surface area contributed by atoms with Crippen LogP contribution in [-0.2, 0) is 0 Å². The van der Waals surface area contributed by atoms with E-state index in [1.54, 1.807) is 30.1 Å². The van der Waals surface area contributed by atoms with E-state index < -0.39 is 0 Å². The van der Waals surface area contributed by atoms with Gasteiger partial charge < -0.3 is 10.3 Å². The molecular weight excluding hydrogens is 216 g/mol. The van der Waals surface area contributed by atoms with Gasteiger partial charge in [-0.15, -0.1) is 0 Å². The second-order valence-corrected chi connectivity index (χ2v) is 5.27. The molecule has 1 aromatic heterocycles. The molecule has 17 heavy (non-hydrogen) atoms. The fourth-order valence-corrected chi connectivity index (χ4v) is 1.61. The van der Waals surface area contributed by atoms with Crippen LogP contribution in [0.4, 0.5) is 5.82 Å². The van der Waals surface area contributed by atoms with Gasteiger partial charge in [-0.3, -0.25) is 4.79 Å². The van der Waals surface area contributed by atoms with Crippen LogP contribution in [0.3, 0.4) is 0 Å². The van der Waals surface area contributed by atoms with E-state index in [9.17, 15) is 4.79 Å². The molecule has 94 valence electrons. The standard InChI is InChI=1S/C12H20N4O/c1-12(2,3)8-16(4)11(17)9-6-5-7-10(14-9)15-13/h5-7H,8,13H2,1-4H3,(H,14,15). The zero-order chi connectivity index (χ0) is 13.1. The Balaban J connectivity index is 2.81. The Morgan fingerprint density at radius 3 is 2.65 bits per heavy atom. The Kier molecular flexibility index (Phi) is 4.07. The van der Waals surface area contributed by atoms with Crippen LogP contribution >= 0.6 is 0 Å². The number of nitrogen functional groups attached to an aromatic ring is 1. The molecule has 3 N–H and O–H groups in total. The van der Waals surface area contributed by atoms with E-state index in [0.717, 1.165) is 0 Å². The molecule has 0 aromatic carbocycles. The highest BCUT2D eigenvalue weighted by atomic mass is 16.2. The maximum atomic E-state index is 12.1. The molecule has 1 rings (SSSR count). The lowest BCUT2D eigenvalue weighted by molar-refractivity contribution is 0.0740. The summed E-state index contributed by atoms with van der Waals surface area (Å²) in [7, 11) is 1.78. The molecule has 0 spiro atoms. The molecule has 0 saturated heterocycles. The van der Waals surface area contributed by atoms with Crippen LogP contribution in [0.1, 0.15) is 31.3 Å². The maximum absolute atomic E-state index is 12.1. The fraction of sp³-hybridized carbons (Fsp3) is 0.500. The quantitative estimate of drug-likeness (QED) is 0.616. The molecule has 0 atom stereocenters. The smallest absolute Gasteiger partial charge is 0.272 e. The number of hydrazine groups is 1. The van der Waals surface area contributed by atoms with Crippen molar-refractivity contribution >= 4 is 11.7 Å². The molecular formula is C12H20N4O. The molecule has 1 heterocycles. The lowest BCUT2D eigenvalue weighted by Crippen LogP contribution is -2.35. The molecule has 0 fully saturated rings. The largest absolute Gasteiger partial charge is 0.340 e. The molecule has 0 aliphatic rings. The Hall–Kier alpha value is -1.62. The van der Waals surface area contributed by atoms with E-state index in [1.165, 1.54) is 0 Å². The van der Waals surface area contributed by atoms with E-state index in [4.69, 9.17) is 5.84 Å². The first-order valence-electron chi connectivity index (χ1n) is 5.52. The van der Waals surface area contributed by atoms with Crippen LogP contribution in [0.2, 0.25) is 0 Å². The van der Waals surface area contributed by atoms with E-state index in [0.29, 0.717) is 18.1 Å². The SMILES string of the molecule is CN(CC(C)(C)C)C(=O)c1cccc(NN)n1. The van der Waals surface area contributed by atoms with Crippen molar-refractivity contribution in [1.29, 1.82) is 0 Å². The van der Waals surface area contributed by atoms with Crippen molar-refractivity contribution in [3.05, 3.63) is 23.9 Å². The lowest BCUT2D eigenvalue weighted by Gasteiger charge is -2.26. The predicted octanol–water partition coefficient (Wildman–Crippen LogP) is 1.49. The van der Waals surface area contributed by atoms with Crippen molar-refractivity contribution in [1.82, 2.24) is 9.88 Å². The van der Waals surface area contributed by atoms with Gasteiger partial charge in [0.2, 0.25) is 0 Å². The number of hydrogen-bond donors (Lipinski definition) is 2. The van der Waals surface area contributed by atoms with Crippen LogP contribution < -0.4 is 11.3 Å². The molecule has 5 nitrogen and oxygen atoms in total. The maximum Gasteiger partial charge on any atom is 0.272 e. The molecule has 1 aromatic rings. The molecule has 5 heteroatoms. The van der Waals surface area contributed by atoms with Crippen molar-refractivity contribution in [2.45, 2.75) is 20.8 Å². The van der Waals surface area contributed by atoms with Crippen molar-refractivity contribution in [2.24, 2.45) is 11.3 Å². The number of amides is 1. The van der Waals surface area contributed by atoms with Crippen molar-refractivity contribution in [3.63, 3.8) is 0 Å². The molecule has 0 aliphatic heterocycles. The van der Waals surface area contributed by atoms with Gasteiger partial charge in [0, 0.05) is 13.6 Å². The van der Waals surface area contributed by atoms with Gasteiger partial charge in [0.25, 0.3) is 5.91 Å². The monoisotopic (exact) mass is 236 g/mol. The third-order valence-corrected chi connectivity index (χ3v) is 2.17. The summed E-state index contributed by atoms with van der Waals surface area (Å²) in [6, 6.07) is 5.14. The Morgan fingerprint density at radius 2 is 2.12 bits per heavy atom. The van der Waals surface area contributed by atoms with E-state index in [1.807, 2.05) is 0 Å². The number of nitrogens with one attached hydrogen (secondary N) is 1. The normalized spacial score (nSPS) is 11.1. The molecule has 0 unspecified atom stereocenters. The topological polar surface area (TPSA) is 71.2 Å². The van der Waals surface area contributed by atoms with Crippen LogP contribution in [0.5, 0.6) is 0 Å². The van der Waals surface area contributed by atoms with E-state index >= 15 is 0 Å². The summed E-state index contributed by atoms with van der Waals surface area (Å²) in [4.78, 5) is 17.9. The summed E-state index contributed by atoms with van der Waals surface area (Å²) in [6.45, 7) is 6.93. The first-order chi connectivity index (χ1) is 7.83. The predicted molar refractivity (Wildman–Crippen MR) is 68.5 cm³/mol. The summed E-state index contributed by atoms with van der Waals surface area (Å²) < 4.78 is 0. The average Bonchev–Trinajstić information content (AvgIpc) is 2.26. The summed E-state index contributed by atoms with van der Waals surface area (Å²) in [6.07, 6.45) is 0. The fourth-order valence-electron chi connectivity index (χ4n) is 1.61.